The first-order valence-electron chi connectivity index (χ1n) is 8.40. The van der Waals surface area contributed by atoms with Crippen molar-refractivity contribution in [2.45, 2.75) is 13.8 Å². The van der Waals surface area contributed by atoms with E-state index in [1.54, 1.807) is 0 Å². The lowest BCUT2D eigenvalue weighted by Crippen LogP contribution is -1.95. The zero-order valence-electron chi connectivity index (χ0n) is 14.1. The van der Waals surface area contributed by atoms with Gasteiger partial charge in [0.25, 0.3) is 0 Å². The van der Waals surface area contributed by atoms with Gasteiger partial charge in [0.05, 0.1) is 0 Å². The Bertz CT molecular complexity index is 912. The van der Waals surface area contributed by atoms with Crippen molar-refractivity contribution < 1.29 is 0 Å². The fourth-order valence-corrected chi connectivity index (χ4v) is 3.65. The molecule has 0 aliphatic heterocycles. The lowest BCUT2D eigenvalue weighted by molar-refractivity contribution is 1.36. The third-order valence-corrected chi connectivity index (χ3v) is 4.90. The van der Waals surface area contributed by atoms with E-state index in [0.717, 1.165) is 0 Å². The number of hydrogen-bond acceptors (Lipinski definition) is 0. The summed E-state index contributed by atoms with van der Waals surface area (Å²) in [6.07, 6.45) is 0. The number of hydrogen-bond donors (Lipinski definition) is 0. The van der Waals surface area contributed by atoms with Crippen LogP contribution in [0.3, 0.4) is 0 Å². The van der Waals surface area contributed by atoms with Crippen molar-refractivity contribution >= 4 is 10.8 Å². The zero-order valence-corrected chi connectivity index (χ0v) is 14.1. The summed E-state index contributed by atoms with van der Waals surface area (Å²) in [7, 11) is 0. The highest BCUT2D eigenvalue weighted by atomic mass is 14.2. The first kappa shape index (κ1) is 14.7. The van der Waals surface area contributed by atoms with E-state index in [4.69, 9.17) is 0 Å². The lowest BCUT2D eigenvalue weighted by atomic mass is 9.85. The van der Waals surface area contributed by atoms with Crippen molar-refractivity contribution in [1.82, 2.24) is 0 Å². The summed E-state index contributed by atoms with van der Waals surface area (Å²) in [5.41, 5.74) is 7.99. The first-order valence-corrected chi connectivity index (χ1v) is 8.40. The third kappa shape index (κ3) is 2.32. The Labute approximate surface area is 143 Å². The topological polar surface area (TPSA) is 0 Å². The molecule has 0 radical (unpaired) electrons. The van der Waals surface area contributed by atoms with E-state index in [9.17, 15) is 0 Å². The largest absolute Gasteiger partial charge is 0.0622 e. The predicted octanol–water partition coefficient (Wildman–Crippen LogP) is 6.79. The molecule has 0 bridgehead atoms. The Hall–Kier alpha value is -2.86. The van der Waals surface area contributed by atoms with Crippen LogP contribution in [-0.4, -0.2) is 0 Å². The summed E-state index contributed by atoms with van der Waals surface area (Å²) in [4.78, 5) is 0. The van der Waals surface area contributed by atoms with Gasteiger partial charge in [-0.1, -0.05) is 84.9 Å². The molecule has 0 saturated heterocycles. The van der Waals surface area contributed by atoms with Gasteiger partial charge in [0.2, 0.25) is 0 Å². The maximum atomic E-state index is 2.25. The predicted molar refractivity (Wildman–Crippen MR) is 104 cm³/mol. The molecule has 0 spiro atoms. The summed E-state index contributed by atoms with van der Waals surface area (Å²) >= 11 is 0. The van der Waals surface area contributed by atoms with Gasteiger partial charge in [-0.2, -0.15) is 0 Å². The van der Waals surface area contributed by atoms with Crippen LogP contribution >= 0.6 is 0 Å². The molecule has 0 atom stereocenters. The Morgan fingerprint density at radius 2 is 0.750 bits per heavy atom. The Kier molecular flexibility index (Phi) is 3.66. The monoisotopic (exact) mass is 308 g/mol. The highest BCUT2D eigenvalue weighted by molar-refractivity contribution is 6.07. The maximum Gasteiger partial charge on any atom is -0.00730 e. The molecule has 0 heterocycles. The normalized spacial score (nSPS) is 10.9. The van der Waals surface area contributed by atoms with E-state index in [1.165, 1.54) is 44.2 Å². The van der Waals surface area contributed by atoms with Crippen LogP contribution in [0.15, 0.2) is 84.9 Å². The van der Waals surface area contributed by atoms with Crippen LogP contribution in [0.2, 0.25) is 0 Å². The van der Waals surface area contributed by atoms with Gasteiger partial charge in [-0.05, 0) is 58.0 Å². The molecule has 0 heteroatoms. The first-order chi connectivity index (χ1) is 11.8. The molecule has 0 aliphatic carbocycles. The highest BCUT2D eigenvalue weighted by Crippen LogP contribution is 2.41. The second-order valence-electron chi connectivity index (χ2n) is 6.28. The molecule has 0 aromatic heterocycles. The quantitative estimate of drug-likeness (QED) is 0.382. The minimum atomic E-state index is 1.29. The SMILES string of the molecule is Cc1c(C)c(-c2ccccc2)c2ccccc2c1-c1ccccc1. The molecule has 0 N–H and O–H groups in total. The van der Waals surface area contributed by atoms with Crippen LogP contribution in [0.25, 0.3) is 33.0 Å². The molecule has 4 aromatic carbocycles. The summed E-state index contributed by atoms with van der Waals surface area (Å²) in [6, 6.07) is 30.2. The molecule has 0 fully saturated rings. The molecule has 4 aromatic rings. The maximum absolute atomic E-state index is 2.25. The van der Waals surface area contributed by atoms with Crippen molar-refractivity contribution in [3.05, 3.63) is 96.1 Å². The number of benzene rings is 4. The van der Waals surface area contributed by atoms with Crippen LogP contribution < -0.4 is 0 Å². The van der Waals surface area contributed by atoms with E-state index in [1.807, 2.05) is 0 Å². The zero-order chi connectivity index (χ0) is 16.5. The van der Waals surface area contributed by atoms with Crippen LogP contribution in [0, 0.1) is 13.8 Å². The highest BCUT2D eigenvalue weighted by Gasteiger charge is 2.16. The molecule has 0 aliphatic rings. The molecular formula is C24H20. The van der Waals surface area contributed by atoms with Crippen LogP contribution in [0.4, 0.5) is 0 Å². The second-order valence-corrected chi connectivity index (χ2v) is 6.28. The molecular weight excluding hydrogens is 288 g/mol. The van der Waals surface area contributed by atoms with Crippen molar-refractivity contribution in [2.24, 2.45) is 0 Å². The van der Waals surface area contributed by atoms with Gasteiger partial charge in [0.1, 0.15) is 0 Å². The van der Waals surface area contributed by atoms with Crippen molar-refractivity contribution in [3.63, 3.8) is 0 Å². The minimum absolute atomic E-state index is 1.29. The van der Waals surface area contributed by atoms with Crippen molar-refractivity contribution in [2.75, 3.05) is 0 Å². The van der Waals surface area contributed by atoms with Crippen LogP contribution in [0.1, 0.15) is 11.1 Å². The number of fused-ring (bicyclic) bond motifs is 1. The van der Waals surface area contributed by atoms with Crippen molar-refractivity contribution in [3.8, 4) is 22.3 Å². The molecule has 0 saturated carbocycles. The fourth-order valence-electron chi connectivity index (χ4n) is 3.65. The molecule has 0 unspecified atom stereocenters. The summed E-state index contributed by atoms with van der Waals surface area (Å²) in [5, 5.41) is 2.65. The van der Waals surface area contributed by atoms with Gasteiger partial charge >= 0.3 is 0 Å². The average molecular weight is 308 g/mol. The van der Waals surface area contributed by atoms with Crippen LogP contribution in [0.5, 0.6) is 0 Å². The van der Waals surface area contributed by atoms with E-state index >= 15 is 0 Å². The fraction of sp³-hybridized carbons (Fsp3) is 0.0833. The summed E-state index contributed by atoms with van der Waals surface area (Å²) in [6.45, 7) is 4.49. The van der Waals surface area contributed by atoms with Gasteiger partial charge in [0, 0.05) is 0 Å². The lowest BCUT2D eigenvalue weighted by Gasteiger charge is -2.19. The molecule has 4 rings (SSSR count). The van der Waals surface area contributed by atoms with Crippen LogP contribution in [-0.2, 0) is 0 Å². The van der Waals surface area contributed by atoms with E-state index in [0.29, 0.717) is 0 Å². The smallest absolute Gasteiger partial charge is 0.00730 e. The van der Waals surface area contributed by atoms with Gasteiger partial charge < -0.3 is 0 Å². The summed E-state index contributed by atoms with van der Waals surface area (Å²) in [5.74, 6) is 0. The van der Waals surface area contributed by atoms with E-state index in [-0.39, 0.29) is 0 Å². The third-order valence-electron chi connectivity index (χ3n) is 4.90. The Morgan fingerprint density at radius 3 is 1.12 bits per heavy atom. The molecule has 0 amide bonds. The molecule has 0 nitrogen and oxygen atoms in total. The minimum Gasteiger partial charge on any atom is -0.0622 e. The van der Waals surface area contributed by atoms with E-state index in [2.05, 4.69) is 98.8 Å². The van der Waals surface area contributed by atoms with E-state index < -0.39 is 0 Å². The Balaban J connectivity index is 2.14. The molecule has 116 valence electrons. The van der Waals surface area contributed by atoms with Gasteiger partial charge in [-0.3, -0.25) is 0 Å². The van der Waals surface area contributed by atoms with Crippen molar-refractivity contribution in [1.29, 1.82) is 0 Å². The average Bonchev–Trinajstić information content (AvgIpc) is 2.64. The van der Waals surface area contributed by atoms with Gasteiger partial charge in [0.15, 0.2) is 0 Å². The Morgan fingerprint density at radius 1 is 0.417 bits per heavy atom. The van der Waals surface area contributed by atoms with Gasteiger partial charge in [-0.15, -0.1) is 0 Å². The standard InChI is InChI=1S/C24H20/c1-17-18(2)24(20-13-7-4-8-14-20)22-16-10-9-15-21(22)23(17)19-11-5-3-6-12-19/h3-16H,1-2H3. The number of rotatable bonds is 2. The summed E-state index contributed by atoms with van der Waals surface area (Å²) < 4.78 is 0. The van der Waals surface area contributed by atoms with Gasteiger partial charge in [-0.25, -0.2) is 0 Å². The second kappa shape index (κ2) is 5.98. The molecule has 24 heavy (non-hydrogen) atoms.